The molecule has 116 valence electrons. The van der Waals surface area contributed by atoms with Crippen LogP contribution in [0.15, 0.2) is 28.7 Å². The zero-order chi connectivity index (χ0) is 15.6. The third-order valence-electron chi connectivity index (χ3n) is 3.82. The van der Waals surface area contributed by atoms with Crippen molar-refractivity contribution in [3.05, 3.63) is 35.8 Å². The lowest BCUT2D eigenvalue weighted by molar-refractivity contribution is 0.415. The van der Waals surface area contributed by atoms with E-state index in [1.165, 1.54) is 12.1 Å². The van der Waals surface area contributed by atoms with Gasteiger partial charge in [0.15, 0.2) is 0 Å². The highest BCUT2D eigenvalue weighted by atomic mass is 32.2. The van der Waals surface area contributed by atoms with Crippen LogP contribution in [-0.2, 0) is 11.0 Å². The summed E-state index contributed by atoms with van der Waals surface area (Å²) in [6.45, 7) is 5.89. The number of furan rings is 1. The van der Waals surface area contributed by atoms with E-state index in [-0.39, 0.29) is 11.7 Å². The van der Waals surface area contributed by atoms with E-state index < -0.39 is 15.7 Å². The Hall–Kier alpha value is -1.20. The maximum Gasteiger partial charge on any atom is 0.134 e. The molecule has 2 aromatic rings. The molecular formula is C16H22FNO2S. The van der Waals surface area contributed by atoms with Crippen LogP contribution < -0.4 is 5.14 Å². The van der Waals surface area contributed by atoms with Gasteiger partial charge < -0.3 is 4.42 Å². The first-order chi connectivity index (χ1) is 9.83. The molecule has 1 aromatic heterocycles. The van der Waals surface area contributed by atoms with Gasteiger partial charge in [-0.25, -0.2) is 8.60 Å². The second-order valence-electron chi connectivity index (χ2n) is 6.08. The van der Waals surface area contributed by atoms with E-state index in [0.717, 1.165) is 24.0 Å². The summed E-state index contributed by atoms with van der Waals surface area (Å²) in [5, 5.41) is 6.34. The average molecular weight is 311 g/mol. The summed E-state index contributed by atoms with van der Waals surface area (Å²) in [6, 6.07) is 6.39. The fourth-order valence-electron chi connectivity index (χ4n) is 2.60. The van der Waals surface area contributed by atoms with Crippen molar-refractivity contribution in [1.82, 2.24) is 0 Å². The highest BCUT2D eigenvalue weighted by molar-refractivity contribution is 7.84. The monoisotopic (exact) mass is 311 g/mol. The van der Waals surface area contributed by atoms with Gasteiger partial charge >= 0.3 is 0 Å². The molecule has 0 spiro atoms. The Kier molecular flexibility index (Phi) is 4.84. The molecule has 2 atom stereocenters. The van der Waals surface area contributed by atoms with E-state index in [1.807, 2.05) is 19.9 Å². The summed E-state index contributed by atoms with van der Waals surface area (Å²) in [5.41, 5.74) is 0.680. The van der Waals surface area contributed by atoms with Gasteiger partial charge in [-0.05, 0) is 51.0 Å². The van der Waals surface area contributed by atoms with Crippen LogP contribution in [0.5, 0.6) is 0 Å². The minimum Gasteiger partial charge on any atom is -0.461 e. The zero-order valence-corrected chi connectivity index (χ0v) is 13.5. The molecule has 0 aliphatic heterocycles. The predicted molar refractivity (Wildman–Crippen MR) is 84.8 cm³/mol. The molecule has 3 nitrogen and oxygen atoms in total. The first kappa shape index (κ1) is 16.2. The van der Waals surface area contributed by atoms with Gasteiger partial charge in [0.2, 0.25) is 0 Å². The van der Waals surface area contributed by atoms with Gasteiger partial charge in [-0.2, -0.15) is 0 Å². The highest BCUT2D eigenvalue weighted by Crippen LogP contribution is 2.35. The number of nitrogens with two attached hydrogens (primary N) is 1. The van der Waals surface area contributed by atoms with Gasteiger partial charge in [-0.3, -0.25) is 5.14 Å². The molecule has 0 radical (unpaired) electrons. The highest BCUT2D eigenvalue weighted by Gasteiger charge is 2.30. The summed E-state index contributed by atoms with van der Waals surface area (Å²) in [5.74, 6) is 0.675. The third kappa shape index (κ3) is 3.71. The lowest BCUT2D eigenvalue weighted by Gasteiger charge is -2.26. The largest absolute Gasteiger partial charge is 0.461 e. The quantitative estimate of drug-likeness (QED) is 0.867. The van der Waals surface area contributed by atoms with Crippen molar-refractivity contribution >= 4 is 22.0 Å². The molecular weight excluding hydrogens is 289 g/mol. The number of hydrogen-bond acceptors (Lipinski definition) is 2. The van der Waals surface area contributed by atoms with Crippen LogP contribution in [-0.4, -0.2) is 8.96 Å². The molecule has 0 saturated heterocycles. The first-order valence-corrected chi connectivity index (χ1v) is 8.40. The normalized spacial score (nSPS) is 15.3. The van der Waals surface area contributed by atoms with Crippen molar-refractivity contribution in [3.8, 4) is 0 Å². The fourth-order valence-corrected chi connectivity index (χ4v) is 2.97. The fraction of sp³-hybridized carbons (Fsp3) is 0.500. The molecule has 0 aliphatic rings. The second-order valence-corrected chi connectivity index (χ2v) is 7.78. The van der Waals surface area contributed by atoms with Crippen LogP contribution in [0.4, 0.5) is 4.39 Å². The van der Waals surface area contributed by atoms with E-state index in [2.05, 4.69) is 6.92 Å². The van der Waals surface area contributed by atoms with E-state index in [0.29, 0.717) is 12.0 Å². The van der Waals surface area contributed by atoms with Crippen LogP contribution in [0, 0.1) is 5.82 Å². The van der Waals surface area contributed by atoms with E-state index in [4.69, 9.17) is 9.56 Å². The van der Waals surface area contributed by atoms with Crippen molar-refractivity contribution in [1.29, 1.82) is 0 Å². The molecule has 2 N–H and O–H groups in total. The van der Waals surface area contributed by atoms with Gasteiger partial charge in [-0.1, -0.05) is 13.3 Å². The third-order valence-corrected chi connectivity index (χ3v) is 5.08. The second kappa shape index (κ2) is 6.28. The Morgan fingerprint density at radius 2 is 2.10 bits per heavy atom. The van der Waals surface area contributed by atoms with E-state index >= 15 is 0 Å². The van der Waals surface area contributed by atoms with Crippen molar-refractivity contribution < 1.29 is 13.0 Å². The standard InChI is InChI=1S/C16H22FNO2S/c1-4-5-11(10-16(2,3)21(18)19)15-9-12-8-13(17)6-7-14(12)20-15/h6-9,11H,4-5,10,18H2,1-3H3/t11-,21?/m0/s1. The molecule has 1 heterocycles. The smallest absolute Gasteiger partial charge is 0.134 e. The maximum absolute atomic E-state index is 13.3. The van der Waals surface area contributed by atoms with E-state index in [9.17, 15) is 8.60 Å². The molecule has 1 aromatic carbocycles. The maximum atomic E-state index is 13.3. The van der Waals surface area contributed by atoms with Crippen molar-refractivity contribution in [2.75, 3.05) is 0 Å². The SMILES string of the molecule is CCC[C@@H](CC(C)(C)S(N)=O)c1cc2cc(F)ccc2o1. The van der Waals surface area contributed by atoms with Crippen LogP contribution >= 0.6 is 0 Å². The number of benzene rings is 1. The minimum atomic E-state index is -1.40. The Balaban J connectivity index is 2.33. The minimum absolute atomic E-state index is 0.132. The summed E-state index contributed by atoms with van der Waals surface area (Å²) < 4.78 is 30.3. The number of halogens is 1. The lowest BCUT2D eigenvalue weighted by Crippen LogP contribution is -2.33. The predicted octanol–water partition coefficient (Wildman–Crippen LogP) is 4.25. The Morgan fingerprint density at radius 3 is 2.71 bits per heavy atom. The Bertz CT molecular complexity index is 651. The van der Waals surface area contributed by atoms with Gasteiger partial charge in [0.05, 0.1) is 15.7 Å². The summed E-state index contributed by atoms with van der Waals surface area (Å²) in [4.78, 5) is 0. The lowest BCUT2D eigenvalue weighted by atomic mass is 9.90. The average Bonchev–Trinajstić information content (AvgIpc) is 2.80. The summed E-state index contributed by atoms with van der Waals surface area (Å²) in [7, 11) is -1.40. The Labute approximate surface area is 127 Å². The van der Waals surface area contributed by atoms with Crippen molar-refractivity contribution in [2.45, 2.75) is 50.7 Å². The molecule has 5 heteroatoms. The summed E-state index contributed by atoms with van der Waals surface area (Å²) >= 11 is 0. The first-order valence-electron chi connectivity index (χ1n) is 7.18. The van der Waals surface area contributed by atoms with Crippen LogP contribution in [0.2, 0.25) is 0 Å². The number of fused-ring (bicyclic) bond motifs is 1. The van der Waals surface area contributed by atoms with Crippen molar-refractivity contribution in [3.63, 3.8) is 0 Å². The van der Waals surface area contributed by atoms with Crippen molar-refractivity contribution in [2.24, 2.45) is 5.14 Å². The zero-order valence-electron chi connectivity index (χ0n) is 12.7. The van der Waals surface area contributed by atoms with Gasteiger partial charge in [0.25, 0.3) is 0 Å². The van der Waals surface area contributed by atoms with Gasteiger partial charge in [-0.15, -0.1) is 0 Å². The molecule has 0 aliphatic carbocycles. The van der Waals surface area contributed by atoms with Gasteiger partial charge in [0.1, 0.15) is 17.2 Å². The molecule has 2 rings (SSSR count). The van der Waals surface area contributed by atoms with E-state index in [1.54, 1.807) is 6.07 Å². The molecule has 1 unspecified atom stereocenters. The Morgan fingerprint density at radius 1 is 1.38 bits per heavy atom. The molecule has 0 bridgehead atoms. The van der Waals surface area contributed by atoms with Crippen LogP contribution in [0.3, 0.4) is 0 Å². The molecule has 0 fully saturated rings. The molecule has 0 amide bonds. The van der Waals surface area contributed by atoms with Crippen LogP contribution in [0.25, 0.3) is 11.0 Å². The molecule has 0 saturated carbocycles. The topological polar surface area (TPSA) is 56.2 Å². The number of rotatable bonds is 6. The van der Waals surface area contributed by atoms with Gasteiger partial charge in [0, 0.05) is 11.3 Å². The van der Waals surface area contributed by atoms with Crippen LogP contribution in [0.1, 0.15) is 51.7 Å². The number of hydrogen-bond donors (Lipinski definition) is 1. The molecule has 21 heavy (non-hydrogen) atoms. The summed E-state index contributed by atoms with van der Waals surface area (Å²) in [6.07, 6.45) is 2.58.